The van der Waals surface area contributed by atoms with Gasteiger partial charge >= 0.3 is 0 Å². The third-order valence-electron chi connectivity index (χ3n) is 4.60. The molecule has 0 bridgehead atoms. The van der Waals surface area contributed by atoms with Crippen molar-refractivity contribution in [2.75, 3.05) is 0 Å². The summed E-state index contributed by atoms with van der Waals surface area (Å²) in [7, 11) is -1.10. The van der Waals surface area contributed by atoms with E-state index in [1.54, 1.807) is 0 Å². The summed E-state index contributed by atoms with van der Waals surface area (Å²) in [6.07, 6.45) is 4.44. The van der Waals surface area contributed by atoms with E-state index in [1.165, 1.54) is 24.0 Å². The summed E-state index contributed by atoms with van der Waals surface area (Å²) in [5, 5.41) is 0. The zero-order valence-corrected chi connectivity index (χ0v) is 17.0. The van der Waals surface area contributed by atoms with E-state index in [-0.39, 0.29) is 0 Å². The van der Waals surface area contributed by atoms with Gasteiger partial charge < -0.3 is 0 Å². The predicted octanol–water partition coefficient (Wildman–Crippen LogP) is 6.67. The maximum atomic E-state index is 13.4. The highest BCUT2D eigenvalue weighted by atomic mass is 79.9. The Kier molecular flexibility index (Phi) is 4.63. The van der Waals surface area contributed by atoms with Gasteiger partial charge in [0.2, 0.25) is 0 Å². The maximum Gasteiger partial charge on any atom is 0.0867 e. The van der Waals surface area contributed by atoms with Gasteiger partial charge in [-0.3, -0.25) is 0 Å². The molecule has 2 aliphatic rings. The van der Waals surface area contributed by atoms with Crippen molar-refractivity contribution < 1.29 is 4.21 Å². The topological polar surface area (TPSA) is 17.1 Å². The standard InChI is InChI=1S/C20H16Br2OS/c21-15-9-5-13(6-10-15)19-17-3-1-2-4-18(17)20(24(19)23)14-7-11-16(22)12-8-14/h5-12H,1-4H2. The Morgan fingerprint density at radius 3 is 1.42 bits per heavy atom. The molecule has 1 heterocycles. The first kappa shape index (κ1) is 16.5. The van der Waals surface area contributed by atoms with Crippen LogP contribution in [0.3, 0.4) is 0 Å². The first-order valence-corrected chi connectivity index (χ1v) is 10.8. The normalized spacial score (nSPS) is 18.2. The van der Waals surface area contributed by atoms with Crippen LogP contribution in [0.5, 0.6) is 0 Å². The fraction of sp³-hybridized carbons (Fsp3) is 0.200. The van der Waals surface area contributed by atoms with Gasteiger partial charge in [0, 0.05) is 8.95 Å². The minimum Gasteiger partial charge on any atom is -0.249 e. The first-order chi connectivity index (χ1) is 11.6. The summed E-state index contributed by atoms with van der Waals surface area (Å²) in [5.74, 6) is 0. The Morgan fingerprint density at radius 1 is 0.667 bits per heavy atom. The average Bonchev–Trinajstić information content (AvgIpc) is 2.89. The van der Waals surface area contributed by atoms with Crippen molar-refractivity contribution in [3.8, 4) is 0 Å². The Morgan fingerprint density at radius 2 is 1.04 bits per heavy atom. The number of hydrogen-bond acceptors (Lipinski definition) is 1. The minimum atomic E-state index is -1.10. The molecule has 0 unspecified atom stereocenters. The molecule has 4 rings (SSSR count). The lowest BCUT2D eigenvalue weighted by atomic mass is 9.87. The minimum absolute atomic E-state index is 1.02. The van der Waals surface area contributed by atoms with Crippen LogP contribution in [0.4, 0.5) is 0 Å². The number of hydrogen-bond donors (Lipinski definition) is 0. The first-order valence-electron chi connectivity index (χ1n) is 8.05. The van der Waals surface area contributed by atoms with Crippen molar-refractivity contribution in [2.45, 2.75) is 25.7 Å². The molecule has 1 aliphatic heterocycles. The Bertz CT molecular complexity index is 803. The second-order valence-corrected chi connectivity index (χ2v) is 9.29. The van der Waals surface area contributed by atoms with Crippen LogP contribution in [0.2, 0.25) is 0 Å². The monoisotopic (exact) mass is 462 g/mol. The van der Waals surface area contributed by atoms with Crippen LogP contribution >= 0.6 is 31.9 Å². The van der Waals surface area contributed by atoms with E-state index in [4.69, 9.17) is 0 Å². The van der Waals surface area contributed by atoms with Crippen molar-refractivity contribution in [3.63, 3.8) is 0 Å². The fourth-order valence-electron chi connectivity index (χ4n) is 3.50. The molecule has 0 atom stereocenters. The molecule has 122 valence electrons. The average molecular weight is 464 g/mol. The molecule has 0 radical (unpaired) electrons. The third kappa shape index (κ3) is 2.89. The zero-order valence-electron chi connectivity index (χ0n) is 13.0. The van der Waals surface area contributed by atoms with Crippen LogP contribution in [-0.2, 0) is 10.8 Å². The highest BCUT2D eigenvalue weighted by Gasteiger charge is 2.33. The van der Waals surface area contributed by atoms with Crippen LogP contribution in [0.1, 0.15) is 36.8 Å². The van der Waals surface area contributed by atoms with Gasteiger partial charge in [0.15, 0.2) is 0 Å². The number of benzene rings is 2. The summed E-state index contributed by atoms with van der Waals surface area (Å²) < 4.78 is 15.5. The molecule has 1 fully saturated rings. The summed E-state index contributed by atoms with van der Waals surface area (Å²) in [5.41, 5.74) is 4.80. The number of rotatable bonds is 2. The highest BCUT2D eigenvalue weighted by Crippen LogP contribution is 2.49. The molecule has 0 spiro atoms. The smallest absolute Gasteiger partial charge is 0.0867 e. The van der Waals surface area contributed by atoms with Crippen molar-refractivity contribution in [1.29, 1.82) is 0 Å². The molecular weight excluding hydrogens is 448 g/mol. The van der Waals surface area contributed by atoms with E-state index >= 15 is 0 Å². The van der Waals surface area contributed by atoms with E-state index in [0.717, 1.165) is 42.7 Å². The van der Waals surface area contributed by atoms with Crippen molar-refractivity contribution >= 4 is 52.5 Å². The van der Waals surface area contributed by atoms with Crippen molar-refractivity contribution in [1.82, 2.24) is 0 Å². The molecule has 1 nitrogen and oxygen atoms in total. The fourth-order valence-corrected chi connectivity index (χ4v) is 5.83. The number of fused-ring (bicyclic) bond motifs is 1. The molecule has 0 aromatic heterocycles. The maximum absolute atomic E-state index is 13.4. The molecule has 2 aromatic carbocycles. The third-order valence-corrected chi connectivity index (χ3v) is 7.36. The number of allylic oxidation sites excluding steroid dienone is 2. The molecule has 24 heavy (non-hydrogen) atoms. The van der Waals surface area contributed by atoms with Gasteiger partial charge in [-0.1, -0.05) is 56.1 Å². The molecule has 1 aliphatic carbocycles. The van der Waals surface area contributed by atoms with Gasteiger partial charge in [-0.05, 0) is 72.2 Å². The summed E-state index contributed by atoms with van der Waals surface area (Å²) >= 11 is 6.97. The quantitative estimate of drug-likeness (QED) is 0.485. The van der Waals surface area contributed by atoms with Crippen LogP contribution in [0, 0.1) is 0 Å². The molecule has 0 amide bonds. The lowest BCUT2D eigenvalue weighted by molar-refractivity contribution is 0.685. The van der Waals surface area contributed by atoms with Gasteiger partial charge in [0.25, 0.3) is 0 Å². The Balaban J connectivity index is 1.85. The van der Waals surface area contributed by atoms with Crippen LogP contribution < -0.4 is 0 Å². The van der Waals surface area contributed by atoms with Gasteiger partial charge in [-0.15, -0.1) is 0 Å². The van der Waals surface area contributed by atoms with Crippen LogP contribution in [0.25, 0.3) is 9.81 Å². The molecule has 0 saturated heterocycles. The van der Waals surface area contributed by atoms with Gasteiger partial charge in [-0.2, -0.15) is 0 Å². The van der Waals surface area contributed by atoms with Gasteiger partial charge in [0.1, 0.15) is 0 Å². The van der Waals surface area contributed by atoms with E-state index in [0.29, 0.717) is 0 Å². The van der Waals surface area contributed by atoms with Crippen molar-refractivity contribution in [3.05, 3.63) is 79.7 Å². The van der Waals surface area contributed by atoms with E-state index in [1.807, 2.05) is 24.3 Å². The lowest BCUT2D eigenvalue weighted by Gasteiger charge is -2.17. The summed E-state index contributed by atoms with van der Waals surface area (Å²) in [6.45, 7) is 0. The highest BCUT2D eigenvalue weighted by molar-refractivity contribution is 9.10. The largest absolute Gasteiger partial charge is 0.249 e. The number of halogens is 2. The van der Waals surface area contributed by atoms with Crippen molar-refractivity contribution in [2.24, 2.45) is 0 Å². The molecule has 0 N–H and O–H groups in total. The summed E-state index contributed by atoms with van der Waals surface area (Å²) in [4.78, 5) is 2.05. The van der Waals surface area contributed by atoms with Gasteiger partial charge in [0.05, 0.1) is 20.6 Å². The van der Waals surface area contributed by atoms with E-state index in [2.05, 4.69) is 56.1 Å². The van der Waals surface area contributed by atoms with E-state index in [9.17, 15) is 4.21 Å². The Labute approximate surface area is 161 Å². The second kappa shape index (κ2) is 6.74. The molecule has 1 saturated carbocycles. The Hall–Kier alpha value is -0.970. The van der Waals surface area contributed by atoms with Gasteiger partial charge in [-0.25, -0.2) is 4.21 Å². The zero-order chi connectivity index (χ0) is 16.7. The second-order valence-electron chi connectivity index (χ2n) is 6.10. The molecule has 2 aromatic rings. The predicted molar refractivity (Wildman–Crippen MR) is 109 cm³/mol. The summed E-state index contributed by atoms with van der Waals surface area (Å²) in [6, 6.07) is 16.4. The van der Waals surface area contributed by atoms with E-state index < -0.39 is 10.8 Å². The SMILES string of the molecule is O=S1C(c2ccc(Br)cc2)=C2CCCCC2=C1c1ccc(Br)cc1. The van der Waals surface area contributed by atoms with Crippen LogP contribution in [-0.4, -0.2) is 4.21 Å². The molecule has 4 heteroatoms. The molecular formula is C20H16Br2OS. The lowest BCUT2D eigenvalue weighted by Crippen LogP contribution is -1.98. The van der Waals surface area contributed by atoms with Crippen LogP contribution in [0.15, 0.2) is 68.6 Å².